The maximum atomic E-state index is 9.73. The van der Waals surface area contributed by atoms with Crippen LogP contribution in [0, 0.1) is 0 Å². The minimum Gasteiger partial charge on any atom is -0.497 e. The van der Waals surface area contributed by atoms with Gasteiger partial charge in [-0.15, -0.1) is 0 Å². The van der Waals surface area contributed by atoms with Crippen LogP contribution in [0.2, 0.25) is 0 Å². The molecule has 0 aromatic heterocycles. The van der Waals surface area contributed by atoms with Crippen LogP contribution < -0.4 is 4.74 Å². The molecule has 0 spiro atoms. The molecule has 0 fully saturated rings. The van der Waals surface area contributed by atoms with Crippen LogP contribution in [0.5, 0.6) is 5.75 Å². The average Bonchev–Trinajstić information content (AvgIpc) is 2.42. The molecule has 0 bridgehead atoms. The molecule has 13 heavy (non-hydrogen) atoms. The SMILES string of the molecule is COc1ccc2c(c1)CC(Br)C2O. The highest BCUT2D eigenvalue weighted by Crippen LogP contribution is 2.37. The third-order valence-corrected chi connectivity index (χ3v) is 3.25. The molecule has 1 aromatic carbocycles. The molecule has 1 aliphatic rings. The summed E-state index contributed by atoms with van der Waals surface area (Å²) in [6, 6.07) is 5.80. The first-order valence-electron chi connectivity index (χ1n) is 4.21. The lowest BCUT2D eigenvalue weighted by molar-refractivity contribution is 0.187. The van der Waals surface area contributed by atoms with Gasteiger partial charge in [-0.3, -0.25) is 0 Å². The van der Waals surface area contributed by atoms with Gasteiger partial charge < -0.3 is 9.84 Å². The number of hydrogen-bond donors (Lipinski definition) is 1. The number of benzene rings is 1. The number of methoxy groups -OCH3 is 1. The average molecular weight is 243 g/mol. The third-order valence-electron chi connectivity index (χ3n) is 2.43. The zero-order chi connectivity index (χ0) is 9.42. The standard InChI is InChI=1S/C10H11BrO2/c1-13-7-2-3-8-6(4-7)5-9(11)10(8)12/h2-4,9-10,12H,5H2,1H3. The van der Waals surface area contributed by atoms with Crippen molar-refractivity contribution < 1.29 is 9.84 Å². The number of halogens is 1. The fourth-order valence-corrected chi connectivity index (χ4v) is 2.32. The van der Waals surface area contributed by atoms with Gasteiger partial charge in [0.05, 0.1) is 13.2 Å². The summed E-state index contributed by atoms with van der Waals surface area (Å²) >= 11 is 3.44. The summed E-state index contributed by atoms with van der Waals surface area (Å²) in [6.07, 6.45) is 0.495. The zero-order valence-electron chi connectivity index (χ0n) is 7.33. The van der Waals surface area contributed by atoms with Gasteiger partial charge in [0.15, 0.2) is 0 Å². The van der Waals surface area contributed by atoms with Crippen molar-refractivity contribution in [3.63, 3.8) is 0 Å². The van der Waals surface area contributed by atoms with Crippen LogP contribution >= 0.6 is 15.9 Å². The molecule has 70 valence electrons. The number of rotatable bonds is 1. The Balaban J connectivity index is 2.40. The maximum absolute atomic E-state index is 9.73. The van der Waals surface area contributed by atoms with Crippen LogP contribution in [-0.4, -0.2) is 17.0 Å². The van der Waals surface area contributed by atoms with E-state index in [4.69, 9.17) is 4.74 Å². The smallest absolute Gasteiger partial charge is 0.119 e. The van der Waals surface area contributed by atoms with E-state index in [1.807, 2.05) is 18.2 Å². The van der Waals surface area contributed by atoms with E-state index in [9.17, 15) is 5.11 Å². The molecule has 1 N–H and O–H groups in total. The second-order valence-electron chi connectivity index (χ2n) is 3.23. The number of aliphatic hydroxyl groups excluding tert-OH is 1. The minimum absolute atomic E-state index is 0.148. The second kappa shape index (κ2) is 3.31. The van der Waals surface area contributed by atoms with Gasteiger partial charge in [0.2, 0.25) is 0 Å². The van der Waals surface area contributed by atoms with E-state index >= 15 is 0 Å². The van der Waals surface area contributed by atoms with Gasteiger partial charge in [-0.2, -0.15) is 0 Å². The lowest BCUT2D eigenvalue weighted by Gasteiger charge is -2.07. The fraction of sp³-hybridized carbons (Fsp3) is 0.400. The van der Waals surface area contributed by atoms with E-state index in [-0.39, 0.29) is 10.9 Å². The Bertz CT molecular complexity index is 325. The molecular weight excluding hydrogens is 232 g/mol. The van der Waals surface area contributed by atoms with Crippen molar-refractivity contribution in [1.29, 1.82) is 0 Å². The minimum atomic E-state index is -0.374. The first-order chi connectivity index (χ1) is 6.22. The Morgan fingerprint density at radius 1 is 1.54 bits per heavy atom. The molecule has 2 atom stereocenters. The summed E-state index contributed by atoms with van der Waals surface area (Å²) in [4.78, 5) is 0.148. The van der Waals surface area contributed by atoms with Crippen molar-refractivity contribution in [2.24, 2.45) is 0 Å². The van der Waals surface area contributed by atoms with Crippen molar-refractivity contribution in [2.45, 2.75) is 17.4 Å². The highest BCUT2D eigenvalue weighted by molar-refractivity contribution is 9.09. The molecule has 0 saturated carbocycles. The molecule has 3 heteroatoms. The summed E-state index contributed by atoms with van der Waals surface area (Å²) in [7, 11) is 1.65. The Kier molecular flexibility index (Phi) is 2.30. The van der Waals surface area contributed by atoms with Crippen LogP contribution in [-0.2, 0) is 6.42 Å². The number of fused-ring (bicyclic) bond motifs is 1. The normalized spacial score (nSPS) is 25.8. The summed E-state index contributed by atoms with van der Waals surface area (Å²) in [6.45, 7) is 0. The van der Waals surface area contributed by atoms with Crippen LogP contribution in [0.4, 0.5) is 0 Å². The van der Waals surface area contributed by atoms with Crippen molar-refractivity contribution >= 4 is 15.9 Å². The predicted molar refractivity (Wildman–Crippen MR) is 54.4 cm³/mol. The molecule has 0 saturated heterocycles. The van der Waals surface area contributed by atoms with Crippen molar-refractivity contribution in [3.05, 3.63) is 29.3 Å². The Morgan fingerprint density at radius 3 is 3.00 bits per heavy atom. The summed E-state index contributed by atoms with van der Waals surface area (Å²) in [5.74, 6) is 0.854. The molecular formula is C10H11BrO2. The first-order valence-corrected chi connectivity index (χ1v) is 5.13. The van der Waals surface area contributed by atoms with Crippen molar-refractivity contribution in [2.75, 3.05) is 7.11 Å². The maximum Gasteiger partial charge on any atom is 0.119 e. The van der Waals surface area contributed by atoms with E-state index in [1.165, 1.54) is 5.56 Å². The fourth-order valence-electron chi connectivity index (χ4n) is 1.69. The van der Waals surface area contributed by atoms with Crippen molar-refractivity contribution in [1.82, 2.24) is 0 Å². The Labute approximate surface area is 85.7 Å². The topological polar surface area (TPSA) is 29.5 Å². The summed E-state index contributed by atoms with van der Waals surface area (Å²) in [5.41, 5.74) is 2.19. The molecule has 0 aliphatic heterocycles. The molecule has 2 unspecified atom stereocenters. The van der Waals surface area contributed by atoms with Gasteiger partial charge >= 0.3 is 0 Å². The molecule has 2 rings (SSSR count). The Hall–Kier alpha value is -0.540. The van der Waals surface area contributed by atoms with E-state index < -0.39 is 0 Å². The predicted octanol–water partition coefficient (Wildman–Crippen LogP) is 2.05. The molecule has 0 amide bonds. The van der Waals surface area contributed by atoms with Gasteiger partial charge in [0, 0.05) is 4.83 Å². The number of alkyl halides is 1. The molecule has 1 aliphatic carbocycles. The summed E-state index contributed by atoms with van der Waals surface area (Å²) in [5, 5.41) is 9.73. The van der Waals surface area contributed by atoms with Crippen LogP contribution in [0.3, 0.4) is 0 Å². The zero-order valence-corrected chi connectivity index (χ0v) is 8.91. The number of aliphatic hydroxyl groups is 1. The first kappa shape index (κ1) is 9.03. The van der Waals surface area contributed by atoms with Crippen molar-refractivity contribution in [3.8, 4) is 5.75 Å². The van der Waals surface area contributed by atoms with E-state index in [2.05, 4.69) is 15.9 Å². The second-order valence-corrected chi connectivity index (χ2v) is 4.41. The van der Waals surface area contributed by atoms with Crippen LogP contribution in [0.1, 0.15) is 17.2 Å². The van der Waals surface area contributed by atoms with Crippen LogP contribution in [0.25, 0.3) is 0 Å². The van der Waals surface area contributed by atoms with E-state index in [0.29, 0.717) is 0 Å². The highest BCUT2D eigenvalue weighted by Gasteiger charge is 2.28. The highest BCUT2D eigenvalue weighted by atomic mass is 79.9. The molecule has 2 nitrogen and oxygen atoms in total. The van der Waals surface area contributed by atoms with Gasteiger partial charge in [-0.25, -0.2) is 0 Å². The molecule has 1 aromatic rings. The largest absolute Gasteiger partial charge is 0.497 e. The van der Waals surface area contributed by atoms with Gasteiger partial charge in [0.25, 0.3) is 0 Å². The number of ether oxygens (including phenoxy) is 1. The lowest BCUT2D eigenvalue weighted by Crippen LogP contribution is -2.03. The quantitative estimate of drug-likeness (QED) is 0.765. The van der Waals surface area contributed by atoms with Gasteiger partial charge in [-0.1, -0.05) is 22.0 Å². The number of hydrogen-bond acceptors (Lipinski definition) is 2. The van der Waals surface area contributed by atoms with Crippen LogP contribution in [0.15, 0.2) is 18.2 Å². The van der Waals surface area contributed by atoms with E-state index in [1.54, 1.807) is 7.11 Å². The Morgan fingerprint density at radius 2 is 2.31 bits per heavy atom. The monoisotopic (exact) mass is 242 g/mol. The van der Waals surface area contributed by atoms with Gasteiger partial charge in [0.1, 0.15) is 5.75 Å². The van der Waals surface area contributed by atoms with Gasteiger partial charge in [-0.05, 0) is 29.7 Å². The lowest BCUT2D eigenvalue weighted by atomic mass is 10.1. The summed E-state index contributed by atoms with van der Waals surface area (Å²) < 4.78 is 5.11. The molecule has 0 radical (unpaired) electrons. The van der Waals surface area contributed by atoms with E-state index in [0.717, 1.165) is 17.7 Å². The third kappa shape index (κ3) is 1.46. The molecule has 0 heterocycles.